The van der Waals surface area contributed by atoms with Crippen LogP contribution in [0.4, 0.5) is 0 Å². The molecular formula is C13H22N2O. The fourth-order valence-electron chi connectivity index (χ4n) is 3.11. The Morgan fingerprint density at radius 1 is 1.38 bits per heavy atom. The lowest BCUT2D eigenvalue weighted by molar-refractivity contribution is 0.0973. The van der Waals surface area contributed by atoms with Crippen LogP contribution >= 0.6 is 0 Å². The molecule has 1 N–H and O–H groups in total. The van der Waals surface area contributed by atoms with Gasteiger partial charge in [0.1, 0.15) is 5.76 Å². The van der Waals surface area contributed by atoms with Crippen molar-refractivity contribution in [2.45, 2.75) is 37.3 Å². The van der Waals surface area contributed by atoms with Gasteiger partial charge in [0.2, 0.25) is 0 Å². The number of nitrogens with one attached hydrogen (secondary N) is 1. The maximum atomic E-state index is 5.58. The van der Waals surface area contributed by atoms with Crippen molar-refractivity contribution < 1.29 is 4.42 Å². The molecule has 0 bridgehead atoms. The van der Waals surface area contributed by atoms with Gasteiger partial charge < -0.3 is 14.6 Å². The molecule has 0 aromatic carbocycles. The molecule has 1 aliphatic carbocycles. The maximum absolute atomic E-state index is 5.58. The highest BCUT2D eigenvalue weighted by Crippen LogP contribution is 2.43. The molecule has 16 heavy (non-hydrogen) atoms. The van der Waals surface area contributed by atoms with Gasteiger partial charge in [0, 0.05) is 5.54 Å². The van der Waals surface area contributed by atoms with Crippen LogP contribution in [-0.2, 0) is 0 Å². The summed E-state index contributed by atoms with van der Waals surface area (Å²) in [7, 11) is 6.38. The summed E-state index contributed by atoms with van der Waals surface area (Å²) in [6.45, 7) is 0. The molecule has 1 heterocycles. The predicted molar refractivity (Wildman–Crippen MR) is 65.4 cm³/mol. The largest absolute Gasteiger partial charge is 0.468 e. The van der Waals surface area contributed by atoms with Gasteiger partial charge in [0.15, 0.2) is 0 Å². The van der Waals surface area contributed by atoms with Crippen LogP contribution < -0.4 is 5.32 Å². The first-order chi connectivity index (χ1) is 7.70. The standard InChI is InChI=1S/C13H22N2O/c1-14-12(11-7-6-10-16-11)13(15(2)3)8-4-5-9-13/h6-7,10,12,14H,4-5,8-9H2,1-3H3. The summed E-state index contributed by atoms with van der Waals surface area (Å²) >= 11 is 0. The highest BCUT2D eigenvalue weighted by atomic mass is 16.3. The van der Waals surface area contributed by atoms with Gasteiger partial charge in [0.25, 0.3) is 0 Å². The molecule has 1 atom stereocenters. The van der Waals surface area contributed by atoms with Crippen LogP contribution in [0.5, 0.6) is 0 Å². The minimum absolute atomic E-state index is 0.215. The summed E-state index contributed by atoms with van der Waals surface area (Å²) in [5.74, 6) is 1.05. The summed E-state index contributed by atoms with van der Waals surface area (Å²) in [5, 5.41) is 3.43. The first-order valence-electron chi connectivity index (χ1n) is 6.09. The van der Waals surface area contributed by atoms with E-state index in [1.54, 1.807) is 6.26 Å². The smallest absolute Gasteiger partial charge is 0.122 e. The average molecular weight is 222 g/mol. The molecule has 1 saturated carbocycles. The first-order valence-corrected chi connectivity index (χ1v) is 6.09. The quantitative estimate of drug-likeness (QED) is 0.848. The van der Waals surface area contributed by atoms with Crippen LogP contribution in [0.15, 0.2) is 22.8 Å². The Morgan fingerprint density at radius 3 is 2.50 bits per heavy atom. The van der Waals surface area contributed by atoms with E-state index < -0.39 is 0 Å². The maximum Gasteiger partial charge on any atom is 0.122 e. The molecule has 90 valence electrons. The second-order valence-electron chi connectivity index (χ2n) is 4.94. The van der Waals surface area contributed by atoms with E-state index >= 15 is 0 Å². The lowest BCUT2D eigenvalue weighted by Crippen LogP contribution is -2.51. The lowest BCUT2D eigenvalue weighted by Gasteiger charge is -2.42. The zero-order valence-corrected chi connectivity index (χ0v) is 10.5. The van der Waals surface area contributed by atoms with Crippen molar-refractivity contribution in [2.75, 3.05) is 21.1 Å². The molecular weight excluding hydrogens is 200 g/mol. The first kappa shape index (κ1) is 11.7. The molecule has 0 aliphatic heterocycles. The Labute approximate surface area is 97.8 Å². The Morgan fingerprint density at radius 2 is 2.06 bits per heavy atom. The van der Waals surface area contributed by atoms with Crippen LogP contribution in [0.25, 0.3) is 0 Å². The van der Waals surface area contributed by atoms with E-state index in [2.05, 4.69) is 30.4 Å². The second kappa shape index (κ2) is 4.60. The number of rotatable bonds is 4. The van der Waals surface area contributed by atoms with Crippen LogP contribution in [0.2, 0.25) is 0 Å². The summed E-state index contributed by atoms with van der Waals surface area (Å²) in [6, 6.07) is 4.34. The molecule has 0 spiro atoms. The SMILES string of the molecule is CNC(c1ccco1)C1(N(C)C)CCCC1. The number of furan rings is 1. The van der Waals surface area contributed by atoms with Crippen molar-refractivity contribution in [1.29, 1.82) is 0 Å². The molecule has 0 radical (unpaired) electrons. The van der Waals surface area contributed by atoms with Gasteiger partial charge in [0.05, 0.1) is 12.3 Å². The van der Waals surface area contributed by atoms with Gasteiger partial charge in [-0.05, 0) is 46.1 Å². The van der Waals surface area contributed by atoms with Crippen molar-refractivity contribution in [2.24, 2.45) is 0 Å². The molecule has 1 unspecified atom stereocenters. The van der Waals surface area contributed by atoms with Gasteiger partial charge in [-0.25, -0.2) is 0 Å². The molecule has 1 aliphatic rings. The predicted octanol–water partition coefficient (Wildman–Crippen LogP) is 2.41. The van der Waals surface area contributed by atoms with Crippen molar-refractivity contribution in [3.63, 3.8) is 0 Å². The molecule has 3 nitrogen and oxygen atoms in total. The minimum Gasteiger partial charge on any atom is -0.468 e. The third kappa shape index (κ3) is 1.78. The Hall–Kier alpha value is -0.800. The lowest BCUT2D eigenvalue weighted by atomic mass is 9.85. The molecule has 3 heteroatoms. The van der Waals surface area contributed by atoms with E-state index in [9.17, 15) is 0 Å². The molecule has 0 saturated heterocycles. The highest BCUT2D eigenvalue weighted by molar-refractivity contribution is 5.14. The van der Waals surface area contributed by atoms with E-state index in [1.807, 2.05) is 13.1 Å². The normalized spacial score (nSPS) is 21.5. The van der Waals surface area contributed by atoms with E-state index in [0.717, 1.165) is 5.76 Å². The molecule has 1 fully saturated rings. The van der Waals surface area contributed by atoms with Crippen LogP contribution in [0, 0.1) is 0 Å². The van der Waals surface area contributed by atoms with Gasteiger partial charge in [-0.2, -0.15) is 0 Å². The topological polar surface area (TPSA) is 28.4 Å². The summed E-state index contributed by atoms with van der Waals surface area (Å²) in [6.07, 6.45) is 6.88. The van der Waals surface area contributed by atoms with Crippen molar-refractivity contribution in [3.05, 3.63) is 24.2 Å². The summed E-state index contributed by atoms with van der Waals surface area (Å²) in [5.41, 5.74) is 0.215. The molecule has 0 amide bonds. The van der Waals surface area contributed by atoms with Crippen molar-refractivity contribution in [1.82, 2.24) is 10.2 Å². The Bertz CT molecular complexity index is 313. The Kier molecular flexibility index (Phi) is 3.36. The Balaban J connectivity index is 2.30. The highest BCUT2D eigenvalue weighted by Gasteiger charge is 2.44. The number of likely N-dealkylation sites (N-methyl/N-ethyl adjacent to an activating group) is 2. The van der Waals surface area contributed by atoms with E-state index in [0.29, 0.717) is 6.04 Å². The van der Waals surface area contributed by atoms with E-state index in [-0.39, 0.29) is 5.54 Å². The molecule has 1 aromatic rings. The van der Waals surface area contributed by atoms with Crippen LogP contribution in [-0.4, -0.2) is 31.6 Å². The second-order valence-corrected chi connectivity index (χ2v) is 4.94. The van der Waals surface area contributed by atoms with Crippen molar-refractivity contribution >= 4 is 0 Å². The van der Waals surface area contributed by atoms with Gasteiger partial charge >= 0.3 is 0 Å². The fourth-order valence-corrected chi connectivity index (χ4v) is 3.11. The van der Waals surface area contributed by atoms with E-state index in [4.69, 9.17) is 4.42 Å². The average Bonchev–Trinajstić information content (AvgIpc) is 2.89. The zero-order chi connectivity index (χ0) is 11.6. The van der Waals surface area contributed by atoms with Crippen LogP contribution in [0.3, 0.4) is 0 Å². The van der Waals surface area contributed by atoms with Crippen LogP contribution in [0.1, 0.15) is 37.5 Å². The number of nitrogens with zero attached hydrogens (tertiary/aromatic N) is 1. The van der Waals surface area contributed by atoms with Gasteiger partial charge in [-0.15, -0.1) is 0 Å². The van der Waals surface area contributed by atoms with E-state index in [1.165, 1.54) is 25.7 Å². The molecule has 2 rings (SSSR count). The number of hydrogen-bond acceptors (Lipinski definition) is 3. The number of hydrogen-bond donors (Lipinski definition) is 1. The van der Waals surface area contributed by atoms with Gasteiger partial charge in [-0.3, -0.25) is 0 Å². The zero-order valence-electron chi connectivity index (χ0n) is 10.5. The third-order valence-corrected chi connectivity index (χ3v) is 4.01. The van der Waals surface area contributed by atoms with Gasteiger partial charge in [-0.1, -0.05) is 12.8 Å². The van der Waals surface area contributed by atoms with Crippen molar-refractivity contribution in [3.8, 4) is 0 Å². The fraction of sp³-hybridized carbons (Fsp3) is 0.692. The monoisotopic (exact) mass is 222 g/mol. The summed E-state index contributed by atoms with van der Waals surface area (Å²) < 4.78 is 5.58. The summed E-state index contributed by atoms with van der Waals surface area (Å²) in [4.78, 5) is 2.36. The third-order valence-electron chi connectivity index (χ3n) is 4.01. The minimum atomic E-state index is 0.215. The molecule has 1 aromatic heterocycles.